The lowest BCUT2D eigenvalue weighted by Gasteiger charge is -2.19. The highest BCUT2D eigenvalue weighted by molar-refractivity contribution is 9.10. The van der Waals surface area contributed by atoms with E-state index in [2.05, 4.69) is 44.2 Å². The van der Waals surface area contributed by atoms with Crippen LogP contribution in [0.5, 0.6) is 11.5 Å². The molecule has 0 amide bonds. The summed E-state index contributed by atoms with van der Waals surface area (Å²) in [4.78, 5) is 8.25. The van der Waals surface area contributed by atoms with E-state index >= 15 is 0 Å². The number of benzene rings is 2. The Hall–Kier alpha value is -2.11. The maximum absolute atomic E-state index is 6.26. The third kappa shape index (κ3) is 4.50. The number of hydrogen-bond acceptors (Lipinski definition) is 4. The average Bonchev–Trinajstić information content (AvgIpc) is 2.64. The first-order chi connectivity index (χ1) is 12.2. The van der Waals surface area contributed by atoms with Gasteiger partial charge >= 0.3 is 0 Å². The van der Waals surface area contributed by atoms with Gasteiger partial charge in [-0.3, -0.25) is 0 Å². The molecule has 0 aliphatic rings. The smallest absolute Gasteiger partial charge is 0.149 e. The van der Waals surface area contributed by atoms with E-state index in [1.165, 1.54) is 6.33 Å². The fourth-order valence-electron chi connectivity index (χ4n) is 2.45. The Balaban J connectivity index is 1.81. The van der Waals surface area contributed by atoms with Crippen LogP contribution in [0.4, 0.5) is 5.82 Å². The van der Waals surface area contributed by atoms with Gasteiger partial charge in [0.25, 0.3) is 0 Å². The molecule has 0 aliphatic heterocycles. The Bertz CT molecular complexity index is 845. The SMILES string of the molecule is CCC(Nc1ncnc(Br)c1Cl)c1cccc(Oc2ccccc2)c1. The molecule has 0 aliphatic carbocycles. The van der Waals surface area contributed by atoms with Crippen molar-refractivity contribution in [2.45, 2.75) is 19.4 Å². The number of anilines is 1. The maximum atomic E-state index is 6.26. The Morgan fingerprint density at radius 2 is 1.84 bits per heavy atom. The number of rotatable bonds is 6. The molecule has 1 atom stereocenters. The summed E-state index contributed by atoms with van der Waals surface area (Å²) in [6.45, 7) is 2.10. The number of aromatic nitrogens is 2. The molecule has 2 aromatic carbocycles. The van der Waals surface area contributed by atoms with Crippen molar-refractivity contribution in [3.05, 3.63) is 76.1 Å². The van der Waals surface area contributed by atoms with Gasteiger partial charge in [0.05, 0.1) is 6.04 Å². The van der Waals surface area contributed by atoms with Gasteiger partial charge < -0.3 is 10.1 Å². The number of halogens is 2. The minimum Gasteiger partial charge on any atom is -0.457 e. The summed E-state index contributed by atoms with van der Waals surface area (Å²) in [5.74, 6) is 2.20. The molecule has 0 bridgehead atoms. The van der Waals surface area contributed by atoms with E-state index in [-0.39, 0.29) is 6.04 Å². The van der Waals surface area contributed by atoms with Gasteiger partial charge in [0.2, 0.25) is 0 Å². The minimum absolute atomic E-state index is 0.0543. The standard InChI is InChI=1S/C19H17BrClN3O/c1-2-16(24-19-17(21)18(20)22-12-23-19)13-7-6-10-15(11-13)25-14-8-4-3-5-9-14/h3-12,16H,2H2,1H3,(H,22,23,24). The molecule has 0 saturated carbocycles. The monoisotopic (exact) mass is 417 g/mol. The van der Waals surface area contributed by atoms with Crippen molar-refractivity contribution in [3.8, 4) is 11.5 Å². The lowest BCUT2D eigenvalue weighted by molar-refractivity contribution is 0.481. The maximum Gasteiger partial charge on any atom is 0.149 e. The first-order valence-electron chi connectivity index (χ1n) is 7.92. The van der Waals surface area contributed by atoms with Crippen molar-refractivity contribution < 1.29 is 4.74 Å². The van der Waals surface area contributed by atoms with Gasteiger partial charge in [0, 0.05) is 0 Å². The van der Waals surface area contributed by atoms with Crippen LogP contribution in [0.1, 0.15) is 24.9 Å². The summed E-state index contributed by atoms with van der Waals surface area (Å²) in [6, 6.07) is 17.8. The summed E-state index contributed by atoms with van der Waals surface area (Å²) >= 11 is 9.58. The number of hydrogen-bond donors (Lipinski definition) is 1. The van der Waals surface area contributed by atoms with Crippen molar-refractivity contribution in [2.75, 3.05) is 5.32 Å². The van der Waals surface area contributed by atoms with Gasteiger partial charge in [-0.2, -0.15) is 0 Å². The molecule has 0 spiro atoms. The molecule has 3 aromatic rings. The van der Waals surface area contributed by atoms with E-state index in [0.717, 1.165) is 23.5 Å². The zero-order valence-corrected chi connectivity index (χ0v) is 16.0. The highest BCUT2D eigenvalue weighted by Crippen LogP contribution is 2.31. The summed E-state index contributed by atoms with van der Waals surface area (Å²) < 4.78 is 6.49. The van der Waals surface area contributed by atoms with Crippen LogP contribution in [0.15, 0.2) is 65.5 Å². The molecular weight excluding hydrogens is 402 g/mol. The highest BCUT2D eigenvalue weighted by atomic mass is 79.9. The Kier molecular flexibility index (Phi) is 5.89. The van der Waals surface area contributed by atoms with E-state index in [4.69, 9.17) is 16.3 Å². The zero-order chi connectivity index (χ0) is 17.6. The second kappa shape index (κ2) is 8.32. The number of ether oxygens (including phenoxy) is 1. The predicted octanol–water partition coefficient (Wildman–Crippen LogP) is 6.25. The lowest BCUT2D eigenvalue weighted by Crippen LogP contribution is -2.11. The van der Waals surface area contributed by atoms with Crippen LogP contribution in [-0.2, 0) is 0 Å². The first-order valence-corrected chi connectivity index (χ1v) is 9.10. The van der Waals surface area contributed by atoms with E-state index in [0.29, 0.717) is 15.4 Å². The van der Waals surface area contributed by atoms with Crippen LogP contribution in [0.2, 0.25) is 5.02 Å². The third-order valence-corrected chi connectivity index (χ3v) is 4.89. The number of para-hydroxylation sites is 1. The van der Waals surface area contributed by atoms with Crippen LogP contribution in [0.3, 0.4) is 0 Å². The highest BCUT2D eigenvalue weighted by Gasteiger charge is 2.14. The van der Waals surface area contributed by atoms with Crippen molar-refractivity contribution in [2.24, 2.45) is 0 Å². The fraction of sp³-hybridized carbons (Fsp3) is 0.158. The van der Waals surface area contributed by atoms with E-state index in [9.17, 15) is 0 Å². The van der Waals surface area contributed by atoms with E-state index in [1.54, 1.807) is 0 Å². The summed E-state index contributed by atoms with van der Waals surface area (Å²) in [7, 11) is 0. The molecule has 1 N–H and O–H groups in total. The molecule has 4 nitrogen and oxygen atoms in total. The van der Waals surface area contributed by atoms with E-state index in [1.807, 2.05) is 48.5 Å². The molecule has 0 radical (unpaired) electrons. The molecule has 128 valence electrons. The first kappa shape index (κ1) is 17.7. The van der Waals surface area contributed by atoms with Crippen molar-refractivity contribution in [1.82, 2.24) is 9.97 Å². The molecule has 6 heteroatoms. The van der Waals surface area contributed by atoms with Crippen molar-refractivity contribution in [3.63, 3.8) is 0 Å². The fourth-order valence-corrected chi connectivity index (χ4v) is 2.89. The zero-order valence-electron chi connectivity index (χ0n) is 13.6. The molecular formula is C19H17BrClN3O. The summed E-state index contributed by atoms with van der Waals surface area (Å²) in [6.07, 6.45) is 2.34. The largest absolute Gasteiger partial charge is 0.457 e. The third-order valence-electron chi connectivity index (χ3n) is 3.71. The van der Waals surface area contributed by atoms with Crippen LogP contribution >= 0.6 is 27.5 Å². The van der Waals surface area contributed by atoms with Gasteiger partial charge in [0.1, 0.15) is 33.3 Å². The van der Waals surface area contributed by atoms with Crippen molar-refractivity contribution >= 4 is 33.3 Å². The van der Waals surface area contributed by atoms with Gasteiger partial charge in [0.15, 0.2) is 0 Å². The van der Waals surface area contributed by atoms with Crippen LogP contribution < -0.4 is 10.1 Å². The Labute approximate surface area is 160 Å². The average molecular weight is 419 g/mol. The second-order valence-corrected chi connectivity index (χ2v) is 6.55. The lowest BCUT2D eigenvalue weighted by atomic mass is 10.0. The quantitative estimate of drug-likeness (QED) is 0.481. The molecule has 1 aromatic heterocycles. The summed E-state index contributed by atoms with van der Waals surface area (Å²) in [5, 5.41) is 3.85. The Morgan fingerprint density at radius 1 is 1.08 bits per heavy atom. The molecule has 0 fully saturated rings. The van der Waals surface area contributed by atoms with Gasteiger partial charge in [-0.1, -0.05) is 48.9 Å². The molecule has 25 heavy (non-hydrogen) atoms. The topological polar surface area (TPSA) is 47.0 Å². The summed E-state index contributed by atoms with van der Waals surface area (Å²) in [5.41, 5.74) is 1.10. The molecule has 1 heterocycles. The molecule has 3 rings (SSSR count). The number of nitrogens with zero attached hydrogens (tertiary/aromatic N) is 2. The van der Waals surface area contributed by atoms with Crippen molar-refractivity contribution in [1.29, 1.82) is 0 Å². The minimum atomic E-state index is 0.0543. The predicted molar refractivity (Wildman–Crippen MR) is 104 cm³/mol. The van der Waals surface area contributed by atoms with E-state index < -0.39 is 0 Å². The molecule has 0 saturated heterocycles. The Morgan fingerprint density at radius 3 is 2.60 bits per heavy atom. The van der Waals surface area contributed by atoms with Crippen LogP contribution in [-0.4, -0.2) is 9.97 Å². The van der Waals surface area contributed by atoms with Gasteiger partial charge in [-0.05, 0) is 52.2 Å². The number of nitrogens with one attached hydrogen (secondary N) is 1. The molecule has 1 unspecified atom stereocenters. The van der Waals surface area contributed by atoms with Crippen LogP contribution in [0.25, 0.3) is 0 Å². The van der Waals surface area contributed by atoms with Gasteiger partial charge in [-0.25, -0.2) is 9.97 Å². The van der Waals surface area contributed by atoms with Gasteiger partial charge in [-0.15, -0.1) is 0 Å². The van der Waals surface area contributed by atoms with Crippen LogP contribution in [0, 0.1) is 0 Å². The normalized spacial score (nSPS) is 11.8. The second-order valence-electron chi connectivity index (χ2n) is 5.42.